The van der Waals surface area contributed by atoms with Crippen LogP contribution < -0.4 is 15.5 Å². The number of carbonyl (C=O) groups is 4. The zero-order valence-electron chi connectivity index (χ0n) is 19.2. The molecule has 0 aromatic heterocycles. The molecule has 1 aliphatic carbocycles. The molecule has 4 amide bonds. The number of anilines is 1. The van der Waals surface area contributed by atoms with E-state index in [2.05, 4.69) is 10.6 Å². The van der Waals surface area contributed by atoms with Crippen LogP contribution in [-0.2, 0) is 25.5 Å². The molecule has 3 unspecified atom stereocenters. The van der Waals surface area contributed by atoms with Crippen molar-refractivity contribution in [2.24, 2.45) is 11.8 Å². The lowest BCUT2D eigenvalue weighted by molar-refractivity contribution is -0.164. The molecule has 0 saturated heterocycles. The summed E-state index contributed by atoms with van der Waals surface area (Å²) in [6, 6.07) is 15.7. The van der Waals surface area contributed by atoms with Crippen molar-refractivity contribution in [1.29, 1.82) is 0 Å². The summed E-state index contributed by atoms with van der Waals surface area (Å²) in [6.07, 6.45) is 2.27. The minimum absolute atomic E-state index is 0.0716. The van der Waals surface area contributed by atoms with Gasteiger partial charge in [-0.3, -0.25) is 19.7 Å². The van der Waals surface area contributed by atoms with Crippen molar-refractivity contribution in [3.8, 4) is 0 Å². The van der Waals surface area contributed by atoms with Gasteiger partial charge in [-0.2, -0.15) is 0 Å². The van der Waals surface area contributed by atoms with Gasteiger partial charge in [0.1, 0.15) is 0 Å². The third-order valence-electron chi connectivity index (χ3n) is 6.58. The van der Waals surface area contributed by atoms with Crippen LogP contribution in [0.25, 0.3) is 0 Å². The average molecular weight is 464 g/mol. The first kappa shape index (κ1) is 23.5. The van der Waals surface area contributed by atoms with Crippen molar-refractivity contribution in [3.05, 3.63) is 65.7 Å². The number of ether oxygens (including phenoxy) is 1. The molecule has 0 spiro atoms. The molecule has 3 atom stereocenters. The zero-order valence-corrected chi connectivity index (χ0v) is 19.2. The fourth-order valence-corrected chi connectivity index (χ4v) is 4.82. The fraction of sp³-hybridized carbons (Fsp3) is 0.385. The van der Waals surface area contributed by atoms with Crippen LogP contribution in [0, 0.1) is 11.8 Å². The molecule has 2 aromatic rings. The molecule has 1 fully saturated rings. The van der Waals surface area contributed by atoms with Gasteiger partial charge in [0.2, 0.25) is 12.0 Å². The number of fused-ring (bicyclic) bond motifs is 1. The first-order chi connectivity index (χ1) is 16.5. The van der Waals surface area contributed by atoms with Gasteiger partial charge in [0.25, 0.3) is 5.91 Å². The largest absolute Gasteiger partial charge is 0.447 e. The number of nitrogens with zero attached hydrogens (tertiary/aromatic N) is 1. The first-order valence-electron chi connectivity index (χ1n) is 11.7. The number of rotatable bonds is 5. The second kappa shape index (κ2) is 10.5. The van der Waals surface area contributed by atoms with Crippen molar-refractivity contribution < 1.29 is 23.9 Å². The SMILES string of the molecule is CNC(=O)NC(=O)C(OC(=O)C1CCCCC1C(=O)N1CCc2ccccc21)c1ccccc1. The normalized spacial score (nSPS) is 20.1. The van der Waals surface area contributed by atoms with Crippen molar-refractivity contribution in [1.82, 2.24) is 10.6 Å². The van der Waals surface area contributed by atoms with Crippen LogP contribution in [0.4, 0.5) is 10.5 Å². The molecule has 1 heterocycles. The molecule has 0 radical (unpaired) electrons. The van der Waals surface area contributed by atoms with Gasteiger partial charge < -0.3 is 15.0 Å². The molecule has 4 rings (SSSR count). The molecule has 1 saturated carbocycles. The third-order valence-corrected chi connectivity index (χ3v) is 6.58. The Morgan fingerprint density at radius 2 is 1.62 bits per heavy atom. The van der Waals surface area contributed by atoms with E-state index in [0.717, 1.165) is 30.5 Å². The maximum absolute atomic E-state index is 13.5. The van der Waals surface area contributed by atoms with Crippen molar-refractivity contribution >= 4 is 29.5 Å². The number of esters is 1. The topological polar surface area (TPSA) is 105 Å². The van der Waals surface area contributed by atoms with Gasteiger partial charge in [-0.15, -0.1) is 0 Å². The molecule has 178 valence electrons. The number of para-hydroxylation sites is 1. The summed E-state index contributed by atoms with van der Waals surface area (Å²) in [5, 5.41) is 4.50. The van der Waals surface area contributed by atoms with Crippen molar-refractivity contribution in [3.63, 3.8) is 0 Å². The number of imide groups is 1. The number of amides is 4. The number of hydrogen-bond donors (Lipinski definition) is 2. The number of nitrogens with one attached hydrogen (secondary N) is 2. The van der Waals surface area contributed by atoms with E-state index in [4.69, 9.17) is 4.74 Å². The maximum Gasteiger partial charge on any atom is 0.321 e. The Morgan fingerprint density at radius 1 is 0.941 bits per heavy atom. The van der Waals surface area contributed by atoms with E-state index in [1.54, 1.807) is 35.2 Å². The Labute approximate surface area is 198 Å². The van der Waals surface area contributed by atoms with Gasteiger partial charge >= 0.3 is 12.0 Å². The molecule has 2 N–H and O–H groups in total. The highest BCUT2D eigenvalue weighted by molar-refractivity contribution is 6.00. The lowest BCUT2D eigenvalue weighted by Gasteiger charge is -2.33. The molecule has 2 aliphatic rings. The summed E-state index contributed by atoms with van der Waals surface area (Å²) < 4.78 is 5.69. The summed E-state index contributed by atoms with van der Waals surface area (Å²) in [6.45, 7) is 0.595. The van der Waals surface area contributed by atoms with Crippen molar-refractivity contribution in [2.75, 3.05) is 18.5 Å². The van der Waals surface area contributed by atoms with Crippen LogP contribution in [0.2, 0.25) is 0 Å². The second-order valence-electron chi connectivity index (χ2n) is 8.66. The first-order valence-corrected chi connectivity index (χ1v) is 11.7. The predicted octanol–water partition coefficient (Wildman–Crippen LogP) is 3.12. The number of hydrogen-bond acceptors (Lipinski definition) is 5. The summed E-state index contributed by atoms with van der Waals surface area (Å²) in [7, 11) is 1.39. The Balaban J connectivity index is 1.53. The minimum Gasteiger partial charge on any atom is -0.447 e. The van der Waals surface area contributed by atoms with E-state index >= 15 is 0 Å². The highest BCUT2D eigenvalue weighted by atomic mass is 16.5. The summed E-state index contributed by atoms with van der Waals surface area (Å²) in [5.74, 6) is -2.56. The predicted molar refractivity (Wildman–Crippen MR) is 126 cm³/mol. The lowest BCUT2D eigenvalue weighted by atomic mass is 9.78. The summed E-state index contributed by atoms with van der Waals surface area (Å²) in [4.78, 5) is 53.1. The smallest absolute Gasteiger partial charge is 0.321 e. The van der Waals surface area contributed by atoms with Crippen LogP contribution in [0.1, 0.15) is 42.9 Å². The van der Waals surface area contributed by atoms with E-state index in [0.29, 0.717) is 24.9 Å². The van der Waals surface area contributed by atoms with Gasteiger partial charge in [0.05, 0.1) is 11.8 Å². The van der Waals surface area contributed by atoms with Gasteiger partial charge in [0, 0.05) is 24.8 Å². The Kier molecular flexibility index (Phi) is 7.25. The lowest BCUT2D eigenvalue weighted by Crippen LogP contribution is -2.44. The molecule has 8 heteroatoms. The van der Waals surface area contributed by atoms with E-state index in [1.807, 2.05) is 24.3 Å². The van der Waals surface area contributed by atoms with Crippen LogP contribution in [0.5, 0.6) is 0 Å². The molecular formula is C26H29N3O5. The van der Waals surface area contributed by atoms with E-state index < -0.39 is 35.8 Å². The third kappa shape index (κ3) is 4.95. The van der Waals surface area contributed by atoms with E-state index in [9.17, 15) is 19.2 Å². The van der Waals surface area contributed by atoms with Gasteiger partial charge in [-0.25, -0.2) is 4.79 Å². The fourth-order valence-electron chi connectivity index (χ4n) is 4.82. The van der Waals surface area contributed by atoms with Gasteiger partial charge in [0.15, 0.2) is 0 Å². The van der Waals surface area contributed by atoms with Crippen LogP contribution in [0.3, 0.4) is 0 Å². The van der Waals surface area contributed by atoms with Crippen LogP contribution in [-0.4, -0.2) is 37.4 Å². The quantitative estimate of drug-likeness (QED) is 0.663. The summed E-state index contributed by atoms with van der Waals surface area (Å²) >= 11 is 0. The Morgan fingerprint density at radius 3 is 2.35 bits per heavy atom. The van der Waals surface area contributed by atoms with Gasteiger partial charge in [-0.05, 0) is 30.9 Å². The molecule has 34 heavy (non-hydrogen) atoms. The number of benzene rings is 2. The highest BCUT2D eigenvalue weighted by Gasteiger charge is 2.42. The summed E-state index contributed by atoms with van der Waals surface area (Å²) in [5.41, 5.74) is 2.47. The van der Waals surface area contributed by atoms with E-state index in [1.165, 1.54) is 7.05 Å². The Hall–Kier alpha value is -3.68. The minimum atomic E-state index is -1.30. The molecule has 8 nitrogen and oxygen atoms in total. The average Bonchev–Trinajstić information content (AvgIpc) is 3.31. The Bertz CT molecular complexity index is 1070. The standard InChI is InChI=1S/C26H29N3O5/c1-27-26(33)28-23(30)22(18-10-3-2-4-11-18)34-25(32)20-13-7-6-12-19(20)24(31)29-16-15-17-9-5-8-14-21(17)29/h2-5,8-11,14,19-20,22H,6-7,12-13,15-16H2,1H3,(H2,27,28,30,33). The van der Waals surface area contributed by atoms with Gasteiger partial charge in [-0.1, -0.05) is 61.4 Å². The molecule has 0 bridgehead atoms. The molecular weight excluding hydrogens is 434 g/mol. The van der Waals surface area contributed by atoms with Crippen LogP contribution >= 0.6 is 0 Å². The highest BCUT2D eigenvalue weighted by Crippen LogP contribution is 2.37. The van der Waals surface area contributed by atoms with Crippen LogP contribution in [0.15, 0.2) is 54.6 Å². The molecule has 2 aromatic carbocycles. The monoisotopic (exact) mass is 463 g/mol. The van der Waals surface area contributed by atoms with E-state index in [-0.39, 0.29) is 5.91 Å². The number of urea groups is 1. The zero-order chi connectivity index (χ0) is 24.1. The maximum atomic E-state index is 13.5. The molecule has 1 aliphatic heterocycles. The second-order valence-corrected chi connectivity index (χ2v) is 8.66. The van der Waals surface area contributed by atoms with Crippen molar-refractivity contribution in [2.45, 2.75) is 38.2 Å². The number of carbonyl (C=O) groups excluding carboxylic acids is 4.